The molecule has 0 saturated carbocycles. The molecule has 0 spiro atoms. The molecule has 0 heterocycles. The molecule has 3 aromatic carbocycles. The molecule has 0 unspecified atom stereocenters. The summed E-state index contributed by atoms with van der Waals surface area (Å²) in [4.78, 5) is 23.7. The third kappa shape index (κ3) is 5.22. The number of carboxylic acids is 1. The molecule has 29 heavy (non-hydrogen) atoms. The first kappa shape index (κ1) is 20.1. The van der Waals surface area contributed by atoms with Crippen molar-refractivity contribution in [1.82, 2.24) is 0 Å². The van der Waals surface area contributed by atoms with Crippen LogP contribution >= 0.6 is 0 Å². The maximum Gasteiger partial charge on any atom is 0.573 e. The summed E-state index contributed by atoms with van der Waals surface area (Å²) in [6.45, 7) is 0. The van der Waals surface area contributed by atoms with Crippen LogP contribution in [-0.4, -0.2) is 23.2 Å². The summed E-state index contributed by atoms with van der Waals surface area (Å²) in [5.74, 6) is -2.90. The minimum atomic E-state index is -5.03. The maximum atomic E-state index is 12.5. The lowest BCUT2D eigenvalue weighted by atomic mass is 9.98. The van der Waals surface area contributed by atoms with Crippen LogP contribution < -0.4 is 4.74 Å². The van der Waals surface area contributed by atoms with Gasteiger partial charge in [0.2, 0.25) is 0 Å². The van der Waals surface area contributed by atoms with Gasteiger partial charge in [-0.2, -0.15) is 0 Å². The van der Waals surface area contributed by atoms with Gasteiger partial charge in [-0.1, -0.05) is 54.6 Å². The first-order chi connectivity index (χ1) is 13.7. The lowest BCUT2D eigenvalue weighted by Gasteiger charge is -2.12. The summed E-state index contributed by atoms with van der Waals surface area (Å²) in [6.07, 6.45) is -5.05. The van der Waals surface area contributed by atoms with E-state index in [1.165, 1.54) is 0 Å². The largest absolute Gasteiger partial charge is 0.573 e. The number of alkyl halides is 3. The number of ether oxygens (including phenoxy) is 1. The first-order valence-electron chi connectivity index (χ1n) is 8.53. The number of ketones is 1. The normalized spacial score (nSPS) is 11.1. The van der Waals surface area contributed by atoms with Crippen molar-refractivity contribution in [3.05, 3.63) is 89.5 Å². The molecule has 0 aliphatic heterocycles. The first-order valence-corrected chi connectivity index (χ1v) is 8.53. The predicted molar refractivity (Wildman–Crippen MR) is 100.0 cm³/mol. The molecule has 4 nitrogen and oxygen atoms in total. The van der Waals surface area contributed by atoms with Gasteiger partial charge in [-0.3, -0.25) is 4.79 Å². The minimum Gasteiger partial charge on any atom is -0.478 e. The van der Waals surface area contributed by atoms with Crippen LogP contribution in [-0.2, 0) is 6.42 Å². The third-order valence-electron chi connectivity index (χ3n) is 4.18. The number of hydrogen-bond donors (Lipinski definition) is 1. The summed E-state index contributed by atoms with van der Waals surface area (Å²) in [7, 11) is 0. The Morgan fingerprint density at radius 1 is 0.862 bits per heavy atom. The second kappa shape index (κ2) is 8.18. The SMILES string of the molecule is O=C(Cc1ccc(-c2ccccc2)cc1)c1ccc(OC(F)(F)F)c(C(=O)O)c1. The average Bonchev–Trinajstić information content (AvgIpc) is 2.68. The van der Waals surface area contributed by atoms with Gasteiger partial charge < -0.3 is 9.84 Å². The molecule has 0 amide bonds. The van der Waals surface area contributed by atoms with Crippen molar-refractivity contribution in [2.24, 2.45) is 0 Å². The number of carbonyl (C=O) groups excluding carboxylic acids is 1. The van der Waals surface area contributed by atoms with E-state index in [0.717, 1.165) is 29.3 Å². The van der Waals surface area contributed by atoms with E-state index in [1.807, 2.05) is 42.5 Å². The Morgan fingerprint density at radius 3 is 2.07 bits per heavy atom. The molecule has 0 bridgehead atoms. The Kier molecular flexibility index (Phi) is 5.68. The van der Waals surface area contributed by atoms with Crippen molar-refractivity contribution in [2.45, 2.75) is 12.8 Å². The molecule has 0 fully saturated rings. The number of Topliss-reactive ketones (excluding diaryl/α,β-unsaturated/α-hetero) is 1. The lowest BCUT2D eigenvalue weighted by Crippen LogP contribution is -2.19. The van der Waals surface area contributed by atoms with Gasteiger partial charge in [0.25, 0.3) is 0 Å². The zero-order chi connectivity index (χ0) is 21.0. The van der Waals surface area contributed by atoms with Gasteiger partial charge in [-0.25, -0.2) is 4.79 Å². The van der Waals surface area contributed by atoms with Gasteiger partial charge in [0, 0.05) is 12.0 Å². The molecule has 0 aliphatic carbocycles. The molecule has 1 N–H and O–H groups in total. The molecule has 3 aromatic rings. The summed E-state index contributed by atoms with van der Waals surface area (Å²) in [5, 5.41) is 9.14. The maximum absolute atomic E-state index is 12.5. The molecule has 0 aromatic heterocycles. The number of hydrogen-bond acceptors (Lipinski definition) is 3. The molecule has 0 atom stereocenters. The number of carbonyl (C=O) groups is 2. The van der Waals surface area contributed by atoms with E-state index in [9.17, 15) is 22.8 Å². The van der Waals surface area contributed by atoms with Gasteiger partial charge in [0.1, 0.15) is 11.3 Å². The van der Waals surface area contributed by atoms with Gasteiger partial charge in [-0.05, 0) is 34.9 Å². The van der Waals surface area contributed by atoms with Crippen LogP contribution in [0.2, 0.25) is 0 Å². The summed E-state index contributed by atoms with van der Waals surface area (Å²) in [5.41, 5.74) is 1.96. The van der Waals surface area contributed by atoms with Crippen LogP contribution in [0.15, 0.2) is 72.8 Å². The highest BCUT2D eigenvalue weighted by Crippen LogP contribution is 2.28. The molecular weight excluding hydrogens is 385 g/mol. The zero-order valence-corrected chi connectivity index (χ0v) is 14.9. The smallest absolute Gasteiger partial charge is 0.478 e. The fourth-order valence-corrected chi connectivity index (χ4v) is 2.82. The molecule has 0 saturated heterocycles. The molecule has 3 rings (SSSR count). The van der Waals surface area contributed by atoms with E-state index < -0.39 is 29.4 Å². The molecule has 0 radical (unpaired) electrons. The Hall–Kier alpha value is -3.61. The second-order valence-electron chi connectivity index (χ2n) is 6.23. The van der Waals surface area contributed by atoms with Crippen molar-refractivity contribution in [2.75, 3.05) is 0 Å². The lowest BCUT2D eigenvalue weighted by molar-refractivity contribution is -0.274. The van der Waals surface area contributed by atoms with Crippen LogP contribution in [0, 0.1) is 0 Å². The van der Waals surface area contributed by atoms with Gasteiger partial charge in [0.05, 0.1) is 0 Å². The van der Waals surface area contributed by atoms with Crippen LogP contribution in [0.5, 0.6) is 5.75 Å². The van der Waals surface area contributed by atoms with E-state index >= 15 is 0 Å². The third-order valence-corrected chi connectivity index (χ3v) is 4.18. The number of carboxylic acid groups (broad SMARTS) is 1. The van der Waals surface area contributed by atoms with E-state index in [0.29, 0.717) is 5.56 Å². The Bertz CT molecular complexity index is 1030. The zero-order valence-electron chi connectivity index (χ0n) is 14.9. The minimum absolute atomic E-state index is 0.0101. The molecule has 7 heteroatoms. The van der Waals surface area contributed by atoms with Gasteiger partial charge in [-0.15, -0.1) is 13.2 Å². The standard InChI is InChI=1S/C22H15F3O4/c23-22(24,25)29-20-11-10-17(13-18(20)21(27)28)19(26)12-14-6-8-16(9-7-14)15-4-2-1-3-5-15/h1-11,13H,12H2,(H,27,28). The van der Waals surface area contributed by atoms with E-state index in [-0.39, 0.29) is 12.0 Å². The van der Waals surface area contributed by atoms with Gasteiger partial charge in [0.15, 0.2) is 5.78 Å². The van der Waals surface area contributed by atoms with Crippen LogP contribution in [0.1, 0.15) is 26.3 Å². The van der Waals surface area contributed by atoms with E-state index in [1.54, 1.807) is 12.1 Å². The average molecular weight is 400 g/mol. The highest BCUT2D eigenvalue weighted by atomic mass is 19.4. The highest BCUT2D eigenvalue weighted by molar-refractivity contribution is 6.01. The highest BCUT2D eigenvalue weighted by Gasteiger charge is 2.33. The fourth-order valence-electron chi connectivity index (χ4n) is 2.82. The van der Waals surface area contributed by atoms with Crippen molar-refractivity contribution in [3.63, 3.8) is 0 Å². The van der Waals surface area contributed by atoms with Crippen LogP contribution in [0.3, 0.4) is 0 Å². The Labute approximate surface area is 164 Å². The summed E-state index contributed by atoms with van der Waals surface area (Å²) < 4.78 is 40.9. The summed E-state index contributed by atoms with van der Waals surface area (Å²) in [6, 6.07) is 19.8. The van der Waals surface area contributed by atoms with Crippen molar-refractivity contribution in [1.29, 1.82) is 0 Å². The van der Waals surface area contributed by atoms with Crippen LogP contribution in [0.25, 0.3) is 11.1 Å². The van der Waals surface area contributed by atoms with Crippen LogP contribution in [0.4, 0.5) is 13.2 Å². The van der Waals surface area contributed by atoms with Crippen molar-refractivity contribution in [3.8, 4) is 16.9 Å². The topological polar surface area (TPSA) is 63.6 Å². The number of rotatable bonds is 6. The second-order valence-corrected chi connectivity index (χ2v) is 6.23. The van der Waals surface area contributed by atoms with Crippen molar-refractivity contribution < 1.29 is 32.6 Å². The van der Waals surface area contributed by atoms with E-state index in [2.05, 4.69) is 4.74 Å². The molecule has 0 aliphatic rings. The Balaban J connectivity index is 1.78. The van der Waals surface area contributed by atoms with E-state index in [4.69, 9.17) is 5.11 Å². The van der Waals surface area contributed by atoms with Gasteiger partial charge >= 0.3 is 12.3 Å². The molecule has 148 valence electrons. The number of halogens is 3. The predicted octanol–water partition coefficient (Wildman–Crippen LogP) is 5.38. The van der Waals surface area contributed by atoms with Crippen molar-refractivity contribution >= 4 is 11.8 Å². The number of aromatic carboxylic acids is 1. The molecular formula is C22H15F3O4. The quantitative estimate of drug-likeness (QED) is 0.565. The summed E-state index contributed by atoms with van der Waals surface area (Å²) >= 11 is 0. The number of benzene rings is 3. The Morgan fingerprint density at radius 2 is 1.48 bits per heavy atom. The fraction of sp³-hybridized carbons (Fsp3) is 0.0909. The monoisotopic (exact) mass is 400 g/mol.